The van der Waals surface area contributed by atoms with E-state index in [0.717, 1.165) is 37.5 Å². The Bertz CT molecular complexity index is 800. The zero-order valence-electron chi connectivity index (χ0n) is 15.3. The molecule has 1 aromatic carbocycles. The topological polar surface area (TPSA) is 56.7 Å². The van der Waals surface area contributed by atoms with Gasteiger partial charge in [0, 0.05) is 42.5 Å². The Morgan fingerprint density at radius 1 is 1.26 bits per heavy atom. The summed E-state index contributed by atoms with van der Waals surface area (Å²) in [4.78, 5) is 21.6. The normalized spacial score (nSPS) is 27.1. The number of rotatable bonds is 5. The second-order valence-electron chi connectivity index (χ2n) is 8.12. The monoisotopic (exact) mass is 383 g/mol. The van der Waals surface area contributed by atoms with Crippen molar-refractivity contribution in [2.24, 2.45) is 5.92 Å². The van der Waals surface area contributed by atoms with Gasteiger partial charge >= 0.3 is 0 Å². The summed E-state index contributed by atoms with van der Waals surface area (Å²) in [6.07, 6.45) is 5.12. The fourth-order valence-electron chi connectivity index (χ4n) is 5.18. The maximum atomic E-state index is 12.7. The molecule has 1 aromatic heterocycles. The van der Waals surface area contributed by atoms with Crippen molar-refractivity contribution >= 4 is 17.2 Å². The molecule has 2 aliphatic heterocycles. The molecule has 0 bridgehead atoms. The van der Waals surface area contributed by atoms with Crippen LogP contribution in [0.25, 0.3) is 0 Å². The zero-order chi connectivity index (χ0) is 18.4. The van der Waals surface area contributed by atoms with Crippen molar-refractivity contribution in [2.45, 2.75) is 43.3 Å². The van der Waals surface area contributed by atoms with E-state index in [1.165, 1.54) is 12.0 Å². The second kappa shape index (κ2) is 6.69. The largest absolute Gasteiger partial charge is 0.395 e. The van der Waals surface area contributed by atoms with Crippen LogP contribution in [0.1, 0.15) is 35.8 Å². The molecule has 27 heavy (non-hydrogen) atoms. The number of hydrogen-bond acceptors (Lipinski definition) is 5. The van der Waals surface area contributed by atoms with Crippen LogP contribution in [-0.2, 0) is 11.3 Å². The van der Waals surface area contributed by atoms with Gasteiger partial charge in [-0.25, -0.2) is 4.98 Å². The van der Waals surface area contributed by atoms with Gasteiger partial charge in [0.15, 0.2) is 0 Å². The van der Waals surface area contributed by atoms with Gasteiger partial charge in [-0.1, -0.05) is 36.8 Å². The minimum Gasteiger partial charge on any atom is -0.395 e. The molecular weight excluding hydrogens is 358 g/mol. The Kier molecular flexibility index (Phi) is 4.30. The van der Waals surface area contributed by atoms with E-state index in [9.17, 15) is 9.90 Å². The van der Waals surface area contributed by atoms with Crippen molar-refractivity contribution in [3.8, 4) is 0 Å². The number of likely N-dealkylation sites (tertiary alicyclic amines) is 2. The number of thiazole rings is 1. The first-order valence-corrected chi connectivity index (χ1v) is 10.7. The number of aliphatic hydroxyl groups excluding tert-OH is 1. The fraction of sp³-hybridized carbons (Fsp3) is 0.524. The van der Waals surface area contributed by atoms with Gasteiger partial charge in [0.2, 0.25) is 5.91 Å². The third kappa shape index (κ3) is 2.65. The van der Waals surface area contributed by atoms with E-state index in [1.54, 1.807) is 11.3 Å². The predicted molar refractivity (Wildman–Crippen MR) is 104 cm³/mol. The highest BCUT2D eigenvalue weighted by Gasteiger charge is 2.66. The molecule has 3 fully saturated rings. The number of aliphatic hydroxyl groups is 1. The van der Waals surface area contributed by atoms with Crippen LogP contribution >= 0.6 is 11.3 Å². The van der Waals surface area contributed by atoms with Crippen LogP contribution in [0.3, 0.4) is 0 Å². The molecule has 5 nitrogen and oxygen atoms in total. The average molecular weight is 384 g/mol. The van der Waals surface area contributed by atoms with Gasteiger partial charge in [-0.2, -0.15) is 0 Å². The van der Waals surface area contributed by atoms with Crippen molar-refractivity contribution in [3.05, 3.63) is 52.5 Å². The van der Waals surface area contributed by atoms with Crippen LogP contribution < -0.4 is 0 Å². The van der Waals surface area contributed by atoms with E-state index < -0.39 is 0 Å². The van der Waals surface area contributed by atoms with Crippen LogP contribution in [0.5, 0.6) is 0 Å². The number of hydrogen-bond donors (Lipinski definition) is 1. The Labute approximate surface area is 163 Å². The van der Waals surface area contributed by atoms with Crippen molar-refractivity contribution in [2.75, 3.05) is 19.7 Å². The molecule has 0 radical (unpaired) electrons. The van der Waals surface area contributed by atoms with Gasteiger partial charge in [0.1, 0.15) is 5.01 Å². The minimum atomic E-state index is -0.0696. The molecule has 1 N–H and O–H groups in total. The third-order valence-corrected chi connectivity index (χ3v) is 7.53. The molecule has 2 atom stereocenters. The van der Waals surface area contributed by atoms with Crippen molar-refractivity contribution in [3.63, 3.8) is 0 Å². The van der Waals surface area contributed by atoms with E-state index in [0.29, 0.717) is 5.91 Å². The molecule has 0 unspecified atom stereocenters. The van der Waals surface area contributed by atoms with Gasteiger partial charge < -0.3 is 10.0 Å². The standard InChI is InChI=1S/C21H25N3O2S/c25-12-17-19(15-5-2-1-3-6-15)21(24(17)11-18-22-9-10-27-18)13-23(14-21)20(26)16-7-4-8-16/h1-3,5-6,9-10,16-17,19,25H,4,7-8,11-14H2/t17-,19+/m0/s1. The molecule has 5 rings (SSSR count). The van der Waals surface area contributed by atoms with Crippen LogP contribution in [0.2, 0.25) is 0 Å². The minimum absolute atomic E-state index is 0.0696. The molecule has 2 aromatic rings. The van der Waals surface area contributed by atoms with Crippen molar-refractivity contribution in [1.82, 2.24) is 14.8 Å². The fourth-order valence-corrected chi connectivity index (χ4v) is 5.79. The first kappa shape index (κ1) is 17.3. The van der Waals surface area contributed by atoms with Gasteiger partial charge in [0.25, 0.3) is 0 Å². The van der Waals surface area contributed by atoms with Crippen molar-refractivity contribution in [1.29, 1.82) is 0 Å². The average Bonchev–Trinajstić information content (AvgIpc) is 3.10. The summed E-state index contributed by atoms with van der Waals surface area (Å²) in [6, 6.07) is 10.6. The third-order valence-electron chi connectivity index (χ3n) is 6.77. The highest BCUT2D eigenvalue weighted by atomic mass is 32.1. The highest BCUT2D eigenvalue weighted by molar-refractivity contribution is 7.09. The summed E-state index contributed by atoms with van der Waals surface area (Å²) in [6.45, 7) is 2.41. The summed E-state index contributed by atoms with van der Waals surface area (Å²) >= 11 is 1.66. The Balaban J connectivity index is 1.41. The van der Waals surface area contributed by atoms with Crippen molar-refractivity contribution < 1.29 is 9.90 Å². The Hall–Kier alpha value is -1.76. The molecule has 1 saturated carbocycles. The lowest BCUT2D eigenvalue weighted by molar-refractivity contribution is -0.203. The van der Waals surface area contributed by atoms with E-state index in [-0.39, 0.29) is 30.0 Å². The summed E-state index contributed by atoms with van der Waals surface area (Å²) in [7, 11) is 0. The van der Waals surface area contributed by atoms with Gasteiger partial charge in [-0.3, -0.25) is 9.69 Å². The number of amides is 1. The molecular formula is C21H25N3O2S. The van der Waals surface area contributed by atoms with Gasteiger partial charge in [-0.05, 0) is 18.4 Å². The summed E-state index contributed by atoms with van der Waals surface area (Å²) in [5.41, 5.74) is 1.20. The predicted octanol–water partition coefficient (Wildman–Crippen LogP) is 2.48. The molecule has 1 amide bonds. The first-order valence-electron chi connectivity index (χ1n) is 9.82. The number of nitrogens with zero attached hydrogens (tertiary/aromatic N) is 3. The van der Waals surface area contributed by atoms with Crippen LogP contribution in [0.15, 0.2) is 41.9 Å². The van der Waals surface area contributed by atoms with E-state index >= 15 is 0 Å². The maximum absolute atomic E-state index is 12.7. The molecule has 2 saturated heterocycles. The summed E-state index contributed by atoms with van der Waals surface area (Å²) in [5, 5.41) is 13.2. The molecule has 6 heteroatoms. The Morgan fingerprint density at radius 3 is 2.63 bits per heavy atom. The zero-order valence-corrected chi connectivity index (χ0v) is 16.1. The van der Waals surface area contributed by atoms with Crippen LogP contribution in [-0.4, -0.2) is 57.1 Å². The van der Waals surface area contributed by atoms with Crippen LogP contribution in [0.4, 0.5) is 0 Å². The quantitative estimate of drug-likeness (QED) is 0.862. The summed E-state index contributed by atoms with van der Waals surface area (Å²) < 4.78 is 0. The van der Waals surface area contributed by atoms with Crippen LogP contribution in [0, 0.1) is 5.92 Å². The SMILES string of the molecule is O=C(C1CCC1)N1CC2(C1)[C@H](c1ccccc1)[C@H](CO)N2Cc1nccs1. The lowest BCUT2D eigenvalue weighted by Gasteiger charge is -2.71. The molecule has 142 valence electrons. The lowest BCUT2D eigenvalue weighted by Crippen LogP contribution is -2.84. The van der Waals surface area contributed by atoms with Gasteiger partial charge in [0.05, 0.1) is 18.7 Å². The molecule has 1 spiro atoms. The van der Waals surface area contributed by atoms with E-state index in [4.69, 9.17) is 0 Å². The number of carbonyl (C=O) groups excluding carboxylic acids is 1. The molecule has 3 heterocycles. The molecule has 3 aliphatic rings. The number of aromatic nitrogens is 1. The second-order valence-corrected chi connectivity index (χ2v) is 9.10. The number of carbonyl (C=O) groups is 1. The summed E-state index contributed by atoms with van der Waals surface area (Å²) in [5.74, 6) is 0.841. The maximum Gasteiger partial charge on any atom is 0.225 e. The van der Waals surface area contributed by atoms with Gasteiger partial charge in [-0.15, -0.1) is 11.3 Å². The highest BCUT2D eigenvalue weighted by Crippen LogP contribution is 2.55. The van der Waals surface area contributed by atoms with E-state index in [2.05, 4.69) is 34.1 Å². The molecule has 1 aliphatic carbocycles. The lowest BCUT2D eigenvalue weighted by atomic mass is 9.60. The van der Waals surface area contributed by atoms with E-state index in [1.807, 2.05) is 22.5 Å². The number of benzene rings is 1. The Morgan fingerprint density at radius 2 is 2.04 bits per heavy atom. The first-order chi connectivity index (χ1) is 13.2. The smallest absolute Gasteiger partial charge is 0.225 e.